The fourth-order valence-electron chi connectivity index (χ4n) is 1.22. The molecule has 5 nitrogen and oxygen atoms in total. The number of carbonyl (C=O) groups is 2. The minimum absolute atomic E-state index is 0.0889. The molecule has 5 heteroatoms. The molecule has 0 unspecified atom stereocenters. The van der Waals surface area contributed by atoms with Gasteiger partial charge in [0.1, 0.15) is 5.69 Å². The molecule has 1 aliphatic rings. The fraction of sp³-hybridized carbons (Fsp3) is 0.300. The predicted molar refractivity (Wildman–Crippen MR) is 51.8 cm³/mol. The summed E-state index contributed by atoms with van der Waals surface area (Å²) in [6.45, 7) is 0. The quantitative estimate of drug-likeness (QED) is 0.728. The Morgan fingerprint density at radius 2 is 2.33 bits per heavy atom. The molecule has 15 heavy (non-hydrogen) atoms. The van der Waals surface area contributed by atoms with Crippen molar-refractivity contribution in [2.75, 3.05) is 0 Å². The van der Waals surface area contributed by atoms with E-state index in [1.807, 2.05) is 0 Å². The molecule has 1 amide bonds. The van der Waals surface area contributed by atoms with Gasteiger partial charge in [0.15, 0.2) is 12.0 Å². The van der Waals surface area contributed by atoms with Crippen molar-refractivity contribution in [2.45, 2.75) is 18.9 Å². The van der Waals surface area contributed by atoms with E-state index in [0.29, 0.717) is 6.29 Å². The number of ether oxygens (including phenoxy) is 1. The molecular formula is C10H10N2O3. The molecule has 1 saturated carbocycles. The van der Waals surface area contributed by atoms with Gasteiger partial charge in [-0.15, -0.1) is 0 Å². The molecule has 0 spiro atoms. The molecule has 2 rings (SSSR count). The van der Waals surface area contributed by atoms with Crippen molar-refractivity contribution in [3.8, 4) is 5.75 Å². The molecule has 0 aliphatic heterocycles. The van der Waals surface area contributed by atoms with Crippen LogP contribution in [0.2, 0.25) is 0 Å². The maximum atomic E-state index is 11.1. The van der Waals surface area contributed by atoms with Crippen molar-refractivity contribution >= 4 is 12.2 Å². The lowest BCUT2D eigenvalue weighted by Crippen LogP contribution is -2.15. The molecule has 1 aromatic rings. The smallest absolute Gasteiger partial charge is 0.252 e. The van der Waals surface area contributed by atoms with Gasteiger partial charge in [-0.25, -0.2) is 4.98 Å². The highest BCUT2D eigenvalue weighted by Gasteiger charge is 2.27. The van der Waals surface area contributed by atoms with Crippen LogP contribution in [0.1, 0.15) is 33.7 Å². The summed E-state index contributed by atoms with van der Waals surface area (Å²) in [5, 5.41) is 0. The molecule has 0 aromatic carbocycles. The average Bonchev–Trinajstić information content (AvgIpc) is 3.01. The maximum absolute atomic E-state index is 11.1. The van der Waals surface area contributed by atoms with E-state index < -0.39 is 5.91 Å². The highest BCUT2D eigenvalue weighted by molar-refractivity contribution is 5.98. The van der Waals surface area contributed by atoms with Crippen LogP contribution in [0, 0.1) is 0 Å². The first-order chi connectivity index (χ1) is 7.22. The van der Waals surface area contributed by atoms with Gasteiger partial charge in [-0.2, -0.15) is 0 Å². The topological polar surface area (TPSA) is 82.3 Å². The Labute approximate surface area is 86.2 Å². The molecule has 1 aromatic heterocycles. The number of nitrogens with two attached hydrogens (primary N) is 1. The first-order valence-corrected chi connectivity index (χ1v) is 4.63. The molecule has 1 heterocycles. The Morgan fingerprint density at radius 3 is 2.87 bits per heavy atom. The summed E-state index contributed by atoms with van der Waals surface area (Å²) in [6, 6.07) is 1.45. The van der Waals surface area contributed by atoms with Crippen LogP contribution in [-0.2, 0) is 0 Å². The van der Waals surface area contributed by atoms with Crippen molar-refractivity contribution in [3.05, 3.63) is 23.5 Å². The van der Waals surface area contributed by atoms with Gasteiger partial charge in [-0.05, 0) is 18.9 Å². The Kier molecular flexibility index (Phi) is 2.37. The second-order valence-corrected chi connectivity index (χ2v) is 3.37. The van der Waals surface area contributed by atoms with Crippen LogP contribution in [-0.4, -0.2) is 23.3 Å². The zero-order valence-corrected chi connectivity index (χ0v) is 7.97. The molecule has 78 valence electrons. The van der Waals surface area contributed by atoms with Crippen LogP contribution < -0.4 is 10.5 Å². The van der Waals surface area contributed by atoms with Gasteiger partial charge in [0.25, 0.3) is 5.91 Å². The monoisotopic (exact) mass is 206 g/mol. The van der Waals surface area contributed by atoms with Crippen molar-refractivity contribution in [3.63, 3.8) is 0 Å². The van der Waals surface area contributed by atoms with Crippen molar-refractivity contribution in [1.82, 2.24) is 4.98 Å². The third-order valence-corrected chi connectivity index (χ3v) is 2.12. The van der Waals surface area contributed by atoms with E-state index in [1.54, 1.807) is 0 Å². The van der Waals surface area contributed by atoms with E-state index in [9.17, 15) is 9.59 Å². The number of pyridine rings is 1. The molecule has 0 bridgehead atoms. The Balaban J connectivity index is 2.42. The fourth-order valence-corrected chi connectivity index (χ4v) is 1.22. The van der Waals surface area contributed by atoms with Crippen LogP contribution in [0.5, 0.6) is 5.75 Å². The number of aldehydes is 1. The van der Waals surface area contributed by atoms with Crippen molar-refractivity contribution < 1.29 is 14.3 Å². The summed E-state index contributed by atoms with van der Waals surface area (Å²) in [7, 11) is 0. The normalized spacial score (nSPS) is 14.7. The summed E-state index contributed by atoms with van der Waals surface area (Å²) in [5.74, 6) is -0.404. The van der Waals surface area contributed by atoms with E-state index in [0.717, 1.165) is 12.8 Å². The predicted octanol–water partition coefficient (Wildman–Crippen LogP) is 0.534. The summed E-state index contributed by atoms with van der Waals surface area (Å²) in [4.78, 5) is 25.6. The zero-order chi connectivity index (χ0) is 10.8. The third kappa shape index (κ3) is 1.96. The molecule has 0 saturated heterocycles. The second-order valence-electron chi connectivity index (χ2n) is 3.37. The first kappa shape index (κ1) is 9.64. The van der Waals surface area contributed by atoms with Gasteiger partial charge in [0, 0.05) is 6.20 Å². The largest absolute Gasteiger partial charge is 0.487 e. The SMILES string of the molecule is NC(=O)c1ccnc(C=O)c1OC1CC1. The highest BCUT2D eigenvalue weighted by atomic mass is 16.5. The average molecular weight is 206 g/mol. The Bertz CT molecular complexity index is 413. The Morgan fingerprint density at radius 1 is 1.60 bits per heavy atom. The number of carbonyl (C=O) groups excluding carboxylic acids is 2. The minimum Gasteiger partial charge on any atom is -0.487 e. The van der Waals surface area contributed by atoms with Gasteiger partial charge in [-0.1, -0.05) is 0 Å². The molecule has 0 atom stereocenters. The van der Waals surface area contributed by atoms with Crippen LogP contribution >= 0.6 is 0 Å². The number of rotatable bonds is 4. The summed E-state index contributed by atoms with van der Waals surface area (Å²) in [6.07, 6.45) is 3.89. The maximum Gasteiger partial charge on any atom is 0.252 e. The minimum atomic E-state index is -0.615. The lowest BCUT2D eigenvalue weighted by molar-refractivity contribution is 0.0995. The van der Waals surface area contributed by atoms with Crippen molar-refractivity contribution in [1.29, 1.82) is 0 Å². The van der Waals surface area contributed by atoms with Crippen molar-refractivity contribution in [2.24, 2.45) is 5.73 Å². The van der Waals surface area contributed by atoms with E-state index in [-0.39, 0.29) is 23.1 Å². The molecule has 1 aliphatic carbocycles. The van der Waals surface area contributed by atoms with Crippen LogP contribution in [0.3, 0.4) is 0 Å². The van der Waals surface area contributed by atoms with Gasteiger partial charge in [0.05, 0.1) is 11.7 Å². The number of nitrogens with zero attached hydrogens (tertiary/aromatic N) is 1. The van der Waals surface area contributed by atoms with E-state index in [1.165, 1.54) is 12.3 Å². The lowest BCUT2D eigenvalue weighted by Gasteiger charge is -2.09. The Hall–Kier alpha value is -1.91. The summed E-state index contributed by atoms with van der Waals surface area (Å²) < 4.78 is 5.45. The molecule has 0 radical (unpaired) electrons. The number of amides is 1. The van der Waals surface area contributed by atoms with E-state index >= 15 is 0 Å². The van der Waals surface area contributed by atoms with Gasteiger partial charge < -0.3 is 10.5 Å². The second kappa shape index (κ2) is 3.68. The van der Waals surface area contributed by atoms with Gasteiger partial charge in [0.2, 0.25) is 0 Å². The highest BCUT2D eigenvalue weighted by Crippen LogP contribution is 2.30. The van der Waals surface area contributed by atoms with Gasteiger partial charge in [-0.3, -0.25) is 9.59 Å². The first-order valence-electron chi connectivity index (χ1n) is 4.63. The van der Waals surface area contributed by atoms with Crippen LogP contribution in [0.15, 0.2) is 12.3 Å². The van der Waals surface area contributed by atoms with E-state index in [2.05, 4.69) is 4.98 Å². The van der Waals surface area contributed by atoms with E-state index in [4.69, 9.17) is 10.5 Å². The standard InChI is InChI=1S/C10H10N2O3/c11-10(14)7-3-4-12-8(5-13)9(7)15-6-1-2-6/h3-6H,1-2H2,(H2,11,14). The number of hydrogen-bond acceptors (Lipinski definition) is 4. The lowest BCUT2D eigenvalue weighted by atomic mass is 10.2. The summed E-state index contributed by atoms with van der Waals surface area (Å²) >= 11 is 0. The zero-order valence-electron chi connectivity index (χ0n) is 7.97. The molecule has 1 fully saturated rings. The molecule has 2 N–H and O–H groups in total. The third-order valence-electron chi connectivity index (χ3n) is 2.12. The summed E-state index contributed by atoms with van der Waals surface area (Å²) in [5.41, 5.74) is 5.50. The number of hydrogen-bond donors (Lipinski definition) is 1. The van der Waals surface area contributed by atoms with Crippen LogP contribution in [0.4, 0.5) is 0 Å². The number of primary amides is 1. The van der Waals surface area contributed by atoms with Gasteiger partial charge >= 0.3 is 0 Å². The van der Waals surface area contributed by atoms with Crippen LogP contribution in [0.25, 0.3) is 0 Å². The number of aromatic nitrogens is 1. The molecular weight excluding hydrogens is 196 g/mol.